The second-order valence-corrected chi connectivity index (χ2v) is 5.61. The van der Waals surface area contributed by atoms with Crippen molar-refractivity contribution in [1.29, 1.82) is 0 Å². The van der Waals surface area contributed by atoms with Gasteiger partial charge >= 0.3 is 0 Å². The number of thiazole rings is 1. The minimum Gasteiger partial charge on any atom is -0.380 e. The van der Waals surface area contributed by atoms with Gasteiger partial charge in [-0.1, -0.05) is 29.8 Å². The van der Waals surface area contributed by atoms with Crippen LogP contribution < -0.4 is 11.1 Å². The fourth-order valence-electron chi connectivity index (χ4n) is 1.83. The number of carbonyl (C=O) groups is 1. The van der Waals surface area contributed by atoms with Crippen molar-refractivity contribution in [1.82, 2.24) is 4.98 Å². The number of carbonyl (C=O) groups excluding carboxylic acids is 1. The molecule has 0 radical (unpaired) electrons. The maximum atomic E-state index is 11.9. The predicted octanol–water partition coefficient (Wildman–Crippen LogP) is 2.84. The molecule has 0 aliphatic heterocycles. The van der Waals surface area contributed by atoms with Crippen molar-refractivity contribution in [2.75, 3.05) is 19.0 Å². The van der Waals surface area contributed by atoms with Crippen LogP contribution in [0.3, 0.4) is 0 Å². The standard InChI is InChI=1S/C15H19N3O2S.ClH/c1-10-3-5-11(6-4-10)13-9-21-15(17-13)18-14(19)7-12(8-16)20-2;/h3-6,9,12H,7-8,16H2,1-2H3,(H,17,18,19);1H. The molecule has 1 unspecified atom stereocenters. The number of anilines is 1. The second kappa shape index (κ2) is 8.85. The summed E-state index contributed by atoms with van der Waals surface area (Å²) in [5.41, 5.74) is 8.60. The molecule has 5 nitrogen and oxygen atoms in total. The van der Waals surface area contributed by atoms with Crippen LogP contribution >= 0.6 is 23.7 Å². The molecular formula is C15H20ClN3O2S. The Bertz CT molecular complexity index is 597. The van der Waals surface area contributed by atoms with Crippen LogP contribution in [0.15, 0.2) is 29.6 Å². The summed E-state index contributed by atoms with van der Waals surface area (Å²) in [6.07, 6.45) is -0.0339. The predicted molar refractivity (Wildman–Crippen MR) is 92.6 cm³/mol. The summed E-state index contributed by atoms with van der Waals surface area (Å²) in [5, 5.41) is 5.29. The number of hydrogen-bond donors (Lipinski definition) is 2. The number of nitrogens with zero attached hydrogens (tertiary/aromatic N) is 1. The molecule has 1 aromatic carbocycles. The van der Waals surface area contributed by atoms with E-state index < -0.39 is 0 Å². The third-order valence-electron chi connectivity index (χ3n) is 3.11. The normalized spacial score (nSPS) is 11.6. The van der Waals surface area contributed by atoms with Crippen LogP contribution in [-0.2, 0) is 9.53 Å². The number of rotatable bonds is 6. The van der Waals surface area contributed by atoms with Crippen LogP contribution in [0.4, 0.5) is 5.13 Å². The summed E-state index contributed by atoms with van der Waals surface area (Å²) in [7, 11) is 1.55. The van der Waals surface area contributed by atoms with Crippen LogP contribution in [0.5, 0.6) is 0 Å². The van der Waals surface area contributed by atoms with E-state index in [1.54, 1.807) is 7.11 Å². The van der Waals surface area contributed by atoms with Crippen LogP contribution in [0.25, 0.3) is 11.3 Å². The Hall–Kier alpha value is -1.47. The van der Waals surface area contributed by atoms with Gasteiger partial charge in [0.15, 0.2) is 5.13 Å². The number of benzene rings is 1. The van der Waals surface area contributed by atoms with Crippen molar-refractivity contribution in [2.45, 2.75) is 19.4 Å². The number of halogens is 1. The van der Waals surface area contributed by atoms with E-state index >= 15 is 0 Å². The maximum absolute atomic E-state index is 11.9. The third-order valence-corrected chi connectivity index (χ3v) is 3.86. The number of amides is 1. The van der Waals surface area contributed by atoms with Gasteiger partial charge in [0, 0.05) is 24.6 Å². The first kappa shape index (κ1) is 18.6. The Balaban J connectivity index is 0.00000242. The van der Waals surface area contributed by atoms with E-state index in [1.165, 1.54) is 16.9 Å². The highest BCUT2D eigenvalue weighted by molar-refractivity contribution is 7.14. The number of aryl methyl sites for hydroxylation is 1. The van der Waals surface area contributed by atoms with Gasteiger partial charge in [-0.2, -0.15) is 0 Å². The molecule has 1 amide bonds. The SMILES string of the molecule is COC(CN)CC(=O)Nc1nc(-c2ccc(C)cc2)cs1.Cl. The Labute approximate surface area is 140 Å². The lowest BCUT2D eigenvalue weighted by atomic mass is 10.1. The van der Waals surface area contributed by atoms with Gasteiger partial charge < -0.3 is 15.8 Å². The summed E-state index contributed by atoms with van der Waals surface area (Å²) in [5.74, 6) is -0.142. The van der Waals surface area contributed by atoms with Crippen molar-refractivity contribution in [2.24, 2.45) is 5.73 Å². The number of hydrogen-bond acceptors (Lipinski definition) is 5. The van der Waals surface area contributed by atoms with Gasteiger partial charge in [-0.25, -0.2) is 4.98 Å². The average Bonchev–Trinajstić information content (AvgIpc) is 2.94. The molecule has 7 heteroatoms. The molecule has 0 aliphatic carbocycles. The Kier molecular flexibility index (Phi) is 7.47. The molecule has 0 fully saturated rings. The minimum absolute atomic E-state index is 0. The van der Waals surface area contributed by atoms with Crippen molar-refractivity contribution in [3.8, 4) is 11.3 Å². The monoisotopic (exact) mass is 341 g/mol. The molecule has 2 rings (SSSR count). The molecule has 0 saturated heterocycles. The number of aromatic nitrogens is 1. The Morgan fingerprint density at radius 1 is 1.41 bits per heavy atom. The van der Waals surface area contributed by atoms with E-state index in [-0.39, 0.29) is 30.8 Å². The zero-order valence-corrected chi connectivity index (χ0v) is 14.2. The van der Waals surface area contributed by atoms with Crippen LogP contribution in [0, 0.1) is 6.92 Å². The van der Waals surface area contributed by atoms with Gasteiger partial charge in [-0.15, -0.1) is 23.7 Å². The summed E-state index contributed by atoms with van der Waals surface area (Å²) in [6, 6.07) is 8.12. The van der Waals surface area contributed by atoms with Crippen LogP contribution in [-0.4, -0.2) is 30.6 Å². The first-order valence-electron chi connectivity index (χ1n) is 6.67. The van der Waals surface area contributed by atoms with E-state index in [2.05, 4.69) is 10.3 Å². The fraction of sp³-hybridized carbons (Fsp3) is 0.333. The highest BCUT2D eigenvalue weighted by Crippen LogP contribution is 2.25. The molecule has 22 heavy (non-hydrogen) atoms. The van der Waals surface area contributed by atoms with Crippen molar-refractivity contribution in [3.05, 3.63) is 35.2 Å². The van der Waals surface area contributed by atoms with Crippen LogP contribution in [0.1, 0.15) is 12.0 Å². The van der Waals surface area contributed by atoms with Gasteiger partial charge in [0.25, 0.3) is 0 Å². The summed E-state index contributed by atoms with van der Waals surface area (Å²) in [4.78, 5) is 16.3. The van der Waals surface area contributed by atoms with Crippen molar-refractivity contribution < 1.29 is 9.53 Å². The fourth-order valence-corrected chi connectivity index (χ4v) is 2.56. The number of methoxy groups -OCH3 is 1. The lowest BCUT2D eigenvalue weighted by Crippen LogP contribution is -2.28. The molecule has 120 valence electrons. The molecular weight excluding hydrogens is 322 g/mol. The Morgan fingerprint density at radius 2 is 2.09 bits per heavy atom. The van der Waals surface area contributed by atoms with Crippen LogP contribution in [0.2, 0.25) is 0 Å². The highest BCUT2D eigenvalue weighted by atomic mass is 35.5. The molecule has 0 bridgehead atoms. The van der Waals surface area contributed by atoms with Crippen molar-refractivity contribution >= 4 is 34.8 Å². The zero-order chi connectivity index (χ0) is 15.2. The lowest BCUT2D eigenvalue weighted by molar-refractivity contribution is -0.118. The molecule has 0 spiro atoms. The van der Waals surface area contributed by atoms with Gasteiger partial charge in [-0.3, -0.25) is 4.79 Å². The highest BCUT2D eigenvalue weighted by Gasteiger charge is 2.13. The first-order chi connectivity index (χ1) is 10.1. The molecule has 0 aliphatic rings. The molecule has 0 saturated carbocycles. The lowest BCUT2D eigenvalue weighted by Gasteiger charge is -2.11. The van der Waals surface area contributed by atoms with Gasteiger partial charge in [-0.05, 0) is 6.92 Å². The van der Waals surface area contributed by atoms with E-state index in [4.69, 9.17) is 10.5 Å². The smallest absolute Gasteiger partial charge is 0.228 e. The van der Waals surface area contributed by atoms with Gasteiger partial charge in [0.1, 0.15) is 0 Å². The molecule has 1 heterocycles. The summed E-state index contributed by atoms with van der Waals surface area (Å²) in [6.45, 7) is 2.36. The largest absolute Gasteiger partial charge is 0.380 e. The molecule has 3 N–H and O–H groups in total. The van der Waals surface area contributed by atoms with E-state index in [0.29, 0.717) is 11.7 Å². The van der Waals surface area contributed by atoms with Gasteiger partial charge in [0.2, 0.25) is 5.91 Å². The van der Waals surface area contributed by atoms with Gasteiger partial charge in [0.05, 0.1) is 18.2 Å². The number of ether oxygens (including phenoxy) is 1. The average molecular weight is 342 g/mol. The second-order valence-electron chi connectivity index (χ2n) is 4.75. The van der Waals surface area contributed by atoms with E-state index in [0.717, 1.165) is 11.3 Å². The summed E-state index contributed by atoms with van der Waals surface area (Å²) < 4.78 is 5.09. The summed E-state index contributed by atoms with van der Waals surface area (Å²) >= 11 is 1.40. The zero-order valence-electron chi connectivity index (χ0n) is 12.5. The van der Waals surface area contributed by atoms with Crippen molar-refractivity contribution in [3.63, 3.8) is 0 Å². The third kappa shape index (κ3) is 5.06. The number of nitrogens with one attached hydrogen (secondary N) is 1. The molecule has 2 aromatic rings. The topological polar surface area (TPSA) is 77.2 Å². The number of nitrogens with two attached hydrogens (primary N) is 1. The molecule has 1 atom stereocenters. The molecule has 1 aromatic heterocycles. The minimum atomic E-state index is -0.262. The quantitative estimate of drug-likeness (QED) is 0.847. The van der Waals surface area contributed by atoms with E-state index in [1.807, 2.05) is 36.6 Å². The first-order valence-corrected chi connectivity index (χ1v) is 7.55. The van der Waals surface area contributed by atoms with E-state index in [9.17, 15) is 4.79 Å². The maximum Gasteiger partial charge on any atom is 0.228 e. The Morgan fingerprint density at radius 3 is 2.68 bits per heavy atom.